The molecule has 1 fully saturated rings. The number of anilines is 1. The van der Waals surface area contributed by atoms with Crippen LogP contribution < -0.4 is 11.5 Å². The van der Waals surface area contributed by atoms with E-state index in [1.807, 2.05) is 4.90 Å². The number of nitrogens with zero attached hydrogens (tertiary/aromatic N) is 1. The molecule has 1 aromatic carbocycles. The molecular weight excluding hydrogens is 233 g/mol. The predicted octanol–water partition coefficient (Wildman–Crippen LogP) is 1.25. The fourth-order valence-electron chi connectivity index (χ4n) is 2.41. The highest BCUT2D eigenvalue weighted by atomic mass is 19.1. The number of carbonyl (C=O) groups is 1. The fourth-order valence-corrected chi connectivity index (χ4v) is 2.41. The van der Waals surface area contributed by atoms with E-state index in [1.165, 1.54) is 6.07 Å². The molecule has 2 rings (SSSR count). The number of amides is 1. The molecule has 1 unspecified atom stereocenters. The molecule has 5 heteroatoms. The smallest absolute Gasteiger partial charge is 0.234 e. The summed E-state index contributed by atoms with van der Waals surface area (Å²) in [7, 11) is 0. The van der Waals surface area contributed by atoms with Gasteiger partial charge in [0.25, 0.3) is 0 Å². The fraction of sp³-hybridized carbons (Fsp3) is 0.462. The molecule has 98 valence electrons. The number of piperidine rings is 1. The van der Waals surface area contributed by atoms with Gasteiger partial charge in [-0.05, 0) is 31.5 Å². The van der Waals surface area contributed by atoms with Crippen molar-refractivity contribution < 1.29 is 9.18 Å². The maximum absolute atomic E-state index is 13.7. The molecule has 4 N–H and O–H groups in total. The average molecular weight is 251 g/mol. The van der Waals surface area contributed by atoms with Crippen LogP contribution in [0.2, 0.25) is 0 Å². The molecule has 4 nitrogen and oxygen atoms in total. The van der Waals surface area contributed by atoms with Gasteiger partial charge in [0.1, 0.15) is 5.82 Å². The Morgan fingerprint density at radius 1 is 1.44 bits per heavy atom. The number of hydrogen-bond donors (Lipinski definition) is 2. The second-order valence-electron chi connectivity index (χ2n) is 4.74. The Hall–Kier alpha value is -1.62. The summed E-state index contributed by atoms with van der Waals surface area (Å²) >= 11 is 0. The van der Waals surface area contributed by atoms with Gasteiger partial charge >= 0.3 is 0 Å². The van der Waals surface area contributed by atoms with Crippen molar-refractivity contribution in [3.05, 3.63) is 29.6 Å². The SMILES string of the molecule is NC(=O)C1CCCCN1Cc1ccc(N)cc1F. The zero-order chi connectivity index (χ0) is 13.1. The Balaban J connectivity index is 2.13. The summed E-state index contributed by atoms with van der Waals surface area (Å²) in [6.07, 6.45) is 2.76. The lowest BCUT2D eigenvalue weighted by atomic mass is 10.0. The third-order valence-electron chi connectivity index (χ3n) is 3.39. The molecule has 0 bridgehead atoms. The highest BCUT2D eigenvalue weighted by Gasteiger charge is 2.27. The minimum Gasteiger partial charge on any atom is -0.399 e. The van der Waals surface area contributed by atoms with Crippen LogP contribution in [0.4, 0.5) is 10.1 Å². The molecule has 1 atom stereocenters. The lowest BCUT2D eigenvalue weighted by Crippen LogP contribution is -2.47. The van der Waals surface area contributed by atoms with Crippen molar-refractivity contribution in [3.63, 3.8) is 0 Å². The molecule has 1 heterocycles. The first-order valence-corrected chi connectivity index (χ1v) is 6.15. The lowest BCUT2D eigenvalue weighted by molar-refractivity contribution is -0.124. The van der Waals surface area contributed by atoms with E-state index in [0.717, 1.165) is 25.8 Å². The summed E-state index contributed by atoms with van der Waals surface area (Å²) in [6.45, 7) is 1.18. The molecule has 0 aliphatic carbocycles. The monoisotopic (exact) mass is 251 g/mol. The van der Waals surface area contributed by atoms with Crippen LogP contribution in [0.15, 0.2) is 18.2 Å². The van der Waals surface area contributed by atoms with Crippen LogP contribution in [-0.4, -0.2) is 23.4 Å². The quantitative estimate of drug-likeness (QED) is 0.794. The van der Waals surface area contributed by atoms with Gasteiger partial charge in [-0.1, -0.05) is 12.5 Å². The summed E-state index contributed by atoms with van der Waals surface area (Å²) < 4.78 is 13.7. The Morgan fingerprint density at radius 2 is 2.22 bits per heavy atom. The highest BCUT2D eigenvalue weighted by molar-refractivity contribution is 5.79. The highest BCUT2D eigenvalue weighted by Crippen LogP contribution is 2.21. The molecule has 1 aliphatic heterocycles. The number of carbonyl (C=O) groups excluding carboxylic acids is 1. The van der Waals surface area contributed by atoms with Gasteiger partial charge in [0.2, 0.25) is 5.91 Å². The van der Waals surface area contributed by atoms with Crippen molar-refractivity contribution in [2.75, 3.05) is 12.3 Å². The number of halogens is 1. The minimum absolute atomic E-state index is 0.282. The van der Waals surface area contributed by atoms with E-state index in [4.69, 9.17) is 11.5 Å². The van der Waals surface area contributed by atoms with Crippen LogP contribution in [0.3, 0.4) is 0 Å². The van der Waals surface area contributed by atoms with Crippen molar-refractivity contribution >= 4 is 11.6 Å². The minimum atomic E-state index is -0.330. The summed E-state index contributed by atoms with van der Waals surface area (Å²) in [6, 6.07) is 4.35. The standard InChI is InChI=1S/C13H18FN3O/c14-11-7-10(15)5-4-9(11)8-17-6-2-1-3-12(17)13(16)18/h4-5,7,12H,1-3,6,8,15H2,(H2,16,18). The molecule has 0 spiro atoms. The summed E-state index contributed by atoms with van der Waals surface area (Å²) in [4.78, 5) is 13.3. The third kappa shape index (κ3) is 2.79. The normalized spacial score (nSPS) is 20.8. The topological polar surface area (TPSA) is 72.4 Å². The summed E-state index contributed by atoms with van der Waals surface area (Å²) in [5.74, 6) is -0.658. The predicted molar refractivity (Wildman–Crippen MR) is 68.1 cm³/mol. The maximum atomic E-state index is 13.7. The number of hydrogen-bond acceptors (Lipinski definition) is 3. The molecule has 1 amide bonds. The maximum Gasteiger partial charge on any atom is 0.234 e. The van der Waals surface area contributed by atoms with E-state index < -0.39 is 0 Å². The number of likely N-dealkylation sites (tertiary alicyclic amines) is 1. The molecule has 0 radical (unpaired) electrons. The van der Waals surface area contributed by atoms with Gasteiger partial charge in [-0.2, -0.15) is 0 Å². The van der Waals surface area contributed by atoms with E-state index in [1.54, 1.807) is 12.1 Å². The molecular formula is C13H18FN3O. The van der Waals surface area contributed by atoms with Gasteiger partial charge in [0.05, 0.1) is 6.04 Å². The molecule has 1 saturated heterocycles. The zero-order valence-corrected chi connectivity index (χ0v) is 10.2. The van der Waals surface area contributed by atoms with E-state index >= 15 is 0 Å². The lowest BCUT2D eigenvalue weighted by Gasteiger charge is -2.33. The number of rotatable bonds is 3. The van der Waals surface area contributed by atoms with Crippen LogP contribution in [0.1, 0.15) is 24.8 Å². The molecule has 18 heavy (non-hydrogen) atoms. The zero-order valence-electron chi connectivity index (χ0n) is 10.2. The third-order valence-corrected chi connectivity index (χ3v) is 3.39. The van der Waals surface area contributed by atoms with Crippen molar-refractivity contribution in [1.29, 1.82) is 0 Å². The van der Waals surface area contributed by atoms with E-state index in [0.29, 0.717) is 17.8 Å². The summed E-state index contributed by atoms with van der Waals surface area (Å²) in [5, 5.41) is 0. The van der Waals surface area contributed by atoms with Gasteiger partial charge in [-0.3, -0.25) is 9.69 Å². The molecule has 1 aliphatic rings. The Kier molecular flexibility index (Phi) is 3.81. The van der Waals surface area contributed by atoms with Crippen molar-refractivity contribution in [1.82, 2.24) is 4.90 Å². The first-order valence-electron chi connectivity index (χ1n) is 6.15. The van der Waals surface area contributed by atoms with Crippen LogP contribution in [0.25, 0.3) is 0 Å². The molecule has 1 aromatic rings. The van der Waals surface area contributed by atoms with E-state index in [9.17, 15) is 9.18 Å². The van der Waals surface area contributed by atoms with Gasteiger partial charge in [-0.15, -0.1) is 0 Å². The van der Waals surface area contributed by atoms with Gasteiger partial charge < -0.3 is 11.5 Å². The second kappa shape index (κ2) is 5.35. The number of nitrogen functional groups attached to an aromatic ring is 1. The van der Waals surface area contributed by atoms with Crippen molar-refractivity contribution in [3.8, 4) is 0 Å². The number of primary amides is 1. The van der Waals surface area contributed by atoms with Crippen molar-refractivity contribution in [2.45, 2.75) is 31.8 Å². The first-order chi connectivity index (χ1) is 8.58. The Labute approximate surface area is 106 Å². The molecule has 0 aromatic heterocycles. The number of benzene rings is 1. The summed E-state index contributed by atoms with van der Waals surface area (Å²) in [5.41, 5.74) is 11.8. The largest absolute Gasteiger partial charge is 0.399 e. The van der Waals surface area contributed by atoms with Gasteiger partial charge in [0.15, 0.2) is 0 Å². The Bertz CT molecular complexity index is 450. The van der Waals surface area contributed by atoms with E-state index in [-0.39, 0.29) is 17.8 Å². The molecule has 0 saturated carbocycles. The van der Waals surface area contributed by atoms with Crippen LogP contribution >= 0.6 is 0 Å². The first kappa shape index (κ1) is 12.8. The van der Waals surface area contributed by atoms with Crippen molar-refractivity contribution in [2.24, 2.45) is 5.73 Å². The average Bonchev–Trinajstić information content (AvgIpc) is 2.33. The second-order valence-corrected chi connectivity index (χ2v) is 4.74. The Morgan fingerprint density at radius 3 is 2.89 bits per heavy atom. The van der Waals surface area contributed by atoms with Gasteiger partial charge in [-0.25, -0.2) is 4.39 Å². The number of nitrogens with two attached hydrogens (primary N) is 2. The van der Waals surface area contributed by atoms with E-state index in [2.05, 4.69) is 0 Å². The van der Waals surface area contributed by atoms with Crippen LogP contribution in [-0.2, 0) is 11.3 Å². The van der Waals surface area contributed by atoms with Gasteiger partial charge in [0, 0.05) is 17.8 Å². The van der Waals surface area contributed by atoms with Crippen LogP contribution in [0.5, 0.6) is 0 Å². The van der Waals surface area contributed by atoms with Crippen LogP contribution in [0, 0.1) is 5.82 Å².